The maximum Gasteiger partial charge on any atom is 0.349 e. The maximum absolute atomic E-state index is 12.8. The van der Waals surface area contributed by atoms with Crippen molar-refractivity contribution in [1.82, 2.24) is 14.8 Å². The third-order valence-electron chi connectivity index (χ3n) is 5.77. The SMILES string of the molecule is CC1=NC(=O)N(C)C(=O)C1CCC(=O)N1CCCC(c2nc3ccccc3o2)C1. The number of aromatic nitrogens is 1. The van der Waals surface area contributed by atoms with E-state index in [1.54, 1.807) is 6.92 Å². The number of nitrogens with zero attached hydrogens (tertiary/aromatic N) is 4. The van der Waals surface area contributed by atoms with Crippen molar-refractivity contribution in [3.8, 4) is 0 Å². The zero-order valence-electron chi connectivity index (χ0n) is 16.6. The first-order valence-corrected chi connectivity index (χ1v) is 9.94. The summed E-state index contributed by atoms with van der Waals surface area (Å²) in [6, 6.07) is 7.10. The molecule has 3 heterocycles. The highest BCUT2D eigenvalue weighted by Gasteiger charge is 2.34. The van der Waals surface area contributed by atoms with Crippen LogP contribution in [0.1, 0.15) is 44.4 Å². The van der Waals surface area contributed by atoms with Crippen molar-refractivity contribution in [2.24, 2.45) is 10.9 Å². The van der Waals surface area contributed by atoms with Gasteiger partial charge >= 0.3 is 6.03 Å². The van der Waals surface area contributed by atoms with Crippen molar-refractivity contribution in [2.45, 2.75) is 38.5 Å². The molecule has 0 bridgehead atoms. The number of amides is 4. The topological polar surface area (TPSA) is 96.1 Å². The Morgan fingerprint density at radius 1 is 1.28 bits per heavy atom. The average molecular weight is 396 g/mol. The minimum absolute atomic E-state index is 0.00552. The summed E-state index contributed by atoms with van der Waals surface area (Å²) >= 11 is 0. The van der Waals surface area contributed by atoms with Crippen LogP contribution in [0.25, 0.3) is 11.1 Å². The molecule has 0 spiro atoms. The van der Waals surface area contributed by atoms with Gasteiger partial charge in [0.05, 0.1) is 11.8 Å². The van der Waals surface area contributed by atoms with Gasteiger partial charge in [0.15, 0.2) is 11.5 Å². The molecule has 1 fully saturated rings. The smallest absolute Gasteiger partial charge is 0.349 e. The molecule has 1 aromatic carbocycles. The van der Waals surface area contributed by atoms with E-state index >= 15 is 0 Å². The molecule has 0 N–H and O–H groups in total. The minimum Gasteiger partial charge on any atom is -0.440 e. The highest BCUT2D eigenvalue weighted by Crippen LogP contribution is 2.29. The maximum atomic E-state index is 12.8. The molecule has 2 unspecified atom stereocenters. The van der Waals surface area contributed by atoms with E-state index in [0.717, 1.165) is 28.8 Å². The summed E-state index contributed by atoms with van der Waals surface area (Å²) in [5.41, 5.74) is 2.07. The molecule has 2 aliphatic rings. The summed E-state index contributed by atoms with van der Waals surface area (Å²) in [6.45, 7) is 2.93. The second-order valence-corrected chi connectivity index (χ2v) is 7.72. The molecule has 8 nitrogen and oxygen atoms in total. The molecule has 2 aromatic rings. The number of oxazole rings is 1. The van der Waals surface area contributed by atoms with Gasteiger partial charge in [-0.05, 0) is 38.3 Å². The number of benzene rings is 1. The number of piperidine rings is 1. The van der Waals surface area contributed by atoms with Crippen molar-refractivity contribution >= 4 is 34.7 Å². The van der Waals surface area contributed by atoms with Crippen LogP contribution in [0.4, 0.5) is 4.79 Å². The molecular weight excluding hydrogens is 372 g/mol. The molecular formula is C21H24N4O4. The van der Waals surface area contributed by atoms with Gasteiger partial charge in [-0.1, -0.05) is 12.1 Å². The van der Waals surface area contributed by atoms with Crippen molar-refractivity contribution in [3.63, 3.8) is 0 Å². The first kappa shape index (κ1) is 19.3. The van der Waals surface area contributed by atoms with Crippen LogP contribution in [0.15, 0.2) is 33.7 Å². The van der Waals surface area contributed by atoms with E-state index in [4.69, 9.17) is 4.42 Å². The zero-order valence-corrected chi connectivity index (χ0v) is 16.6. The molecule has 2 atom stereocenters. The Balaban J connectivity index is 1.39. The van der Waals surface area contributed by atoms with E-state index in [1.807, 2.05) is 29.2 Å². The largest absolute Gasteiger partial charge is 0.440 e. The van der Waals surface area contributed by atoms with Gasteiger partial charge in [-0.15, -0.1) is 0 Å². The Kier molecular flexibility index (Phi) is 5.17. The summed E-state index contributed by atoms with van der Waals surface area (Å²) in [5.74, 6) is -0.0544. The Hall–Kier alpha value is -3.03. The predicted octanol–water partition coefficient (Wildman–Crippen LogP) is 2.98. The lowest BCUT2D eigenvalue weighted by Crippen LogP contribution is -2.44. The van der Waals surface area contributed by atoms with Gasteiger partial charge in [0.25, 0.3) is 0 Å². The summed E-state index contributed by atoms with van der Waals surface area (Å²) in [6.07, 6.45) is 2.41. The number of imide groups is 1. The second kappa shape index (κ2) is 7.77. The van der Waals surface area contributed by atoms with E-state index in [0.29, 0.717) is 31.1 Å². The fourth-order valence-corrected chi connectivity index (χ4v) is 4.04. The molecule has 1 aromatic heterocycles. The van der Waals surface area contributed by atoms with Gasteiger partial charge < -0.3 is 9.32 Å². The average Bonchev–Trinajstić information content (AvgIpc) is 3.16. The number of likely N-dealkylation sites (tertiary alicyclic amines) is 1. The van der Waals surface area contributed by atoms with Crippen LogP contribution in [0.5, 0.6) is 0 Å². The first-order valence-electron chi connectivity index (χ1n) is 9.94. The Bertz CT molecular complexity index is 962. The van der Waals surface area contributed by atoms with Crippen LogP contribution >= 0.6 is 0 Å². The minimum atomic E-state index is -0.549. The fourth-order valence-electron chi connectivity index (χ4n) is 4.04. The summed E-state index contributed by atoms with van der Waals surface area (Å²) in [4.78, 5) is 48.1. The third kappa shape index (κ3) is 3.79. The van der Waals surface area contributed by atoms with E-state index in [1.165, 1.54) is 7.05 Å². The number of hydrogen-bond donors (Lipinski definition) is 0. The molecule has 29 heavy (non-hydrogen) atoms. The Labute approximate surface area is 168 Å². The highest BCUT2D eigenvalue weighted by molar-refractivity contribution is 6.15. The lowest BCUT2D eigenvalue weighted by molar-refractivity contribution is -0.133. The van der Waals surface area contributed by atoms with Crippen LogP contribution in [0.3, 0.4) is 0 Å². The van der Waals surface area contributed by atoms with Gasteiger partial charge in [0, 0.05) is 32.3 Å². The van der Waals surface area contributed by atoms with Crippen LogP contribution in [-0.2, 0) is 9.59 Å². The monoisotopic (exact) mass is 396 g/mol. The predicted molar refractivity (Wildman–Crippen MR) is 107 cm³/mol. The third-order valence-corrected chi connectivity index (χ3v) is 5.77. The molecule has 0 aliphatic carbocycles. The molecule has 4 rings (SSSR count). The Morgan fingerprint density at radius 3 is 2.86 bits per heavy atom. The van der Waals surface area contributed by atoms with Crippen molar-refractivity contribution in [1.29, 1.82) is 0 Å². The van der Waals surface area contributed by atoms with Crippen LogP contribution in [0, 0.1) is 5.92 Å². The van der Waals surface area contributed by atoms with Gasteiger partial charge in [-0.2, -0.15) is 0 Å². The summed E-state index contributed by atoms with van der Waals surface area (Å²) < 4.78 is 5.89. The molecule has 1 saturated heterocycles. The number of rotatable bonds is 4. The molecule has 2 aliphatic heterocycles. The quantitative estimate of drug-likeness (QED) is 0.792. The lowest BCUT2D eigenvalue weighted by Gasteiger charge is -2.32. The summed E-state index contributed by atoms with van der Waals surface area (Å²) in [5, 5.41) is 0. The summed E-state index contributed by atoms with van der Waals surface area (Å²) in [7, 11) is 1.42. The number of carbonyl (C=O) groups excluding carboxylic acids is 3. The number of fused-ring (bicyclic) bond motifs is 1. The van der Waals surface area contributed by atoms with Gasteiger partial charge in [0.2, 0.25) is 11.8 Å². The molecule has 0 radical (unpaired) electrons. The number of carbonyl (C=O) groups is 3. The number of urea groups is 1. The zero-order chi connectivity index (χ0) is 20.5. The number of hydrogen-bond acceptors (Lipinski definition) is 5. The first-order chi connectivity index (χ1) is 13.9. The molecule has 152 valence electrons. The van der Waals surface area contributed by atoms with E-state index in [9.17, 15) is 14.4 Å². The standard InChI is InChI=1S/C21H24N4O4/c1-13-15(20(27)24(2)21(28)22-13)9-10-18(26)25-11-5-6-14(12-25)19-23-16-7-3-4-8-17(16)29-19/h3-4,7-8,14-15H,5-6,9-12H2,1-2H3. The van der Waals surface area contributed by atoms with Gasteiger partial charge in [-0.25, -0.2) is 14.8 Å². The van der Waals surface area contributed by atoms with Crippen LogP contribution < -0.4 is 0 Å². The van der Waals surface area contributed by atoms with E-state index in [2.05, 4.69) is 9.98 Å². The van der Waals surface area contributed by atoms with Crippen molar-refractivity contribution in [3.05, 3.63) is 30.2 Å². The van der Waals surface area contributed by atoms with E-state index < -0.39 is 11.9 Å². The lowest BCUT2D eigenvalue weighted by atomic mass is 9.94. The van der Waals surface area contributed by atoms with Gasteiger partial charge in [-0.3, -0.25) is 14.5 Å². The van der Waals surface area contributed by atoms with Crippen LogP contribution in [0.2, 0.25) is 0 Å². The van der Waals surface area contributed by atoms with Crippen molar-refractivity contribution in [2.75, 3.05) is 20.1 Å². The van der Waals surface area contributed by atoms with Crippen molar-refractivity contribution < 1.29 is 18.8 Å². The van der Waals surface area contributed by atoms with E-state index in [-0.39, 0.29) is 24.2 Å². The number of aliphatic imine (C=N–C) groups is 1. The normalized spacial score (nSPS) is 22.9. The van der Waals surface area contributed by atoms with Crippen LogP contribution in [-0.4, -0.2) is 58.5 Å². The molecule has 8 heteroatoms. The molecule has 0 saturated carbocycles. The number of para-hydroxylation sites is 2. The van der Waals surface area contributed by atoms with Gasteiger partial charge in [0.1, 0.15) is 5.52 Å². The fraction of sp³-hybridized carbons (Fsp3) is 0.476. The second-order valence-electron chi connectivity index (χ2n) is 7.72. The Morgan fingerprint density at radius 2 is 2.07 bits per heavy atom. The highest BCUT2D eigenvalue weighted by atomic mass is 16.3. The molecule has 4 amide bonds.